The quantitative estimate of drug-likeness (QED) is 0.901. The highest BCUT2D eigenvalue weighted by Gasteiger charge is 2.24. The zero-order chi connectivity index (χ0) is 18.0. The lowest BCUT2D eigenvalue weighted by molar-refractivity contribution is -0.117. The first-order chi connectivity index (χ1) is 12.0. The maximum Gasteiger partial charge on any atom is 0.255 e. The lowest BCUT2D eigenvalue weighted by Gasteiger charge is -2.17. The molecule has 5 heteroatoms. The number of benzene rings is 2. The molecule has 4 nitrogen and oxygen atoms in total. The van der Waals surface area contributed by atoms with E-state index in [1.165, 1.54) is 17.0 Å². The fourth-order valence-electron chi connectivity index (χ4n) is 2.93. The Bertz CT molecular complexity index is 800. The van der Waals surface area contributed by atoms with E-state index in [-0.39, 0.29) is 17.5 Å². The number of carbonyl (C=O) groups excluding carboxylic acids is 2. The fraction of sp³-hybridized carbons (Fsp3) is 0.300. The van der Waals surface area contributed by atoms with Crippen LogP contribution in [-0.2, 0) is 4.79 Å². The molecule has 0 unspecified atom stereocenters. The van der Waals surface area contributed by atoms with Crippen LogP contribution in [0.5, 0.6) is 0 Å². The third kappa shape index (κ3) is 3.71. The first-order valence-electron chi connectivity index (χ1n) is 8.47. The Labute approximate surface area is 146 Å². The number of nitrogens with zero attached hydrogens (tertiary/aromatic N) is 1. The number of amides is 2. The second-order valence-electron chi connectivity index (χ2n) is 6.55. The lowest BCUT2D eigenvalue weighted by Crippen LogP contribution is -2.24. The van der Waals surface area contributed by atoms with Crippen LogP contribution in [0.1, 0.15) is 48.5 Å². The van der Waals surface area contributed by atoms with Crippen molar-refractivity contribution in [2.24, 2.45) is 0 Å². The Morgan fingerprint density at radius 1 is 1.16 bits per heavy atom. The first kappa shape index (κ1) is 17.1. The minimum absolute atomic E-state index is 0.0686. The predicted molar refractivity (Wildman–Crippen MR) is 96.5 cm³/mol. The van der Waals surface area contributed by atoms with Crippen molar-refractivity contribution in [3.8, 4) is 0 Å². The van der Waals surface area contributed by atoms with E-state index in [2.05, 4.69) is 19.2 Å². The van der Waals surface area contributed by atoms with Gasteiger partial charge >= 0.3 is 0 Å². The molecule has 2 aromatic carbocycles. The summed E-state index contributed by atoms with van der Waals surface area (Å²) in [6.45, 7) is 4.71. The largest absolute Gasteiger partial charge is 0.322 e. The van der Waals surface area contributed by atoms with Crippen LogP contribution in [0.3, 0.4) is 0 Å². The Balaban J connectivity index is 1.73. The number of halogens is 1. The molecule has 1 aliphatic rings. The van der Waals surface area contributed by atoms with Crippen molar-refractivity contribution >= 4 is 23.2 Å². The summed E-state index contributed by atoms with van der Waals surface area (Å²) in [7, 11) is 0. The monoisotopic (exact) mass is 340 g/mol. The van der Waals surface area contributed by atoms with Gasteiger partial charge in [-0.2, -0.15) is 0 Å². The summed E-state index contributed by atoms with van der Waals surface area (Å²) >= 11 is 0. The zero-order valence-electron chi connectivity index (χ0n) is 14.4. The molecule has 130 valence electrons. The van der Waals surface area contributed by atoms with Crippen LogP contribution in [-0.4, -0.2) is 18.4 Å². The number of carbonyl (C=O) groups is 2. The van der Waals surface area contributed by atoms with Crippen molar-refractivity contribution in [2.45, 2.75) is 32.6 Å². The summed E-state index contributed by atoms with van der Waals surface area (Å²) in [5.74, 6) is -0.476. The normalized spacial score (nSPS) is 14.2. The average molecular weight is 340 g/mol. The Morgan fingerprint density at radius 3 is 2.44 bits per heavy atom. The molecule has 25 heavy (non-hydrogen) atoms. The third-order valence-electron chi connectivity index (χ3n) is 4.41. The van der Waals surface area contributed by atoms with Gasteiger partial charge in [-0.15, -0.1) is 0 Å². The molecule has 3 rings (SSSR count). The number of anilines is 2. The van der Waals surface area contributed by atoms with Gasteiger partial charge in [0, 0.05) is 24.2 Å². The third-order valence-corrected chi connectivity index (χ3v) is 4.41. The van der Waals surface area contributed by atoms with Gasteiger partial charge in [0.1, 0.15) is 5.82 Å². The maximum atomic E-state index is 14.3. The highest BCUT2D eigenvalue weighted by atomic mass is 19.1. The highest BCUT2D eigenvalue weighted by Crippen LogP contribution is 2.27. The van der Waals surface area contributed by atoms with Gasteiger partial charge in [-0.05, 0) is 48.2 Å². The van der Waals surface area contributed by atoms with Crippen LogP contribution in [0.4, 0.5) is 15.8 Å². The summed E-state index contributed by atoms with van der Waals surface area (Å²) in [6.07, 6.45) is 1.19. The van der Waals surface area contributed by atoms with Gasteiger partial charge in [0.15, 0.2) is 0 Å². The summed E-state index contributed by atoms with van der Waals surface area (Å²) in [6, 6.07) is 11.8. The number of hydrogen-bond acceptors (Lipinski definition) is 2. The number of hydrogen-bond donors (Lipinski definition) is 1. The van der Waals surface area contributed by atoms with E-state index >= 15 is 0 Å². The highest BCUT2D eigenvalue weighted by molar-refractivity contribution is 6.04. The SMILES string of the molecule is CC(C)c1ccc(C(=O)Nc2ccc(N3CCCC3=O)c(F)c2)cc1. The van der Waals surface area contributed by atoms with Gasteiger partial charge in [-0.1, -0.05) is 26.0 Å². The molecule has 0 radical (unpaired) electrons. The van der Waals surface area contributed by atoms with E-state index in [0.717, 1.165) is 12.0 Å². The Morgan fingerprint density at radius 2 is 1.88 bits per heavy atom. The molecule has 1 saturated heterocycles. The lowest BCUT2D eigenvalue weighted by atomic mass is 10.0. The Kier molecular flexibility index (Phi) is 4.83. The smallest absolute Gasteiger partial charge is 0.255 e. The molecular weight excluding hydrogens is 319 g/mol. The molecule has 0 atom stereocenters. The van der Waals surface area contributed by atoms with Crippen molar-refractivity contribution in [1.29, 1.82) is 0 Å². The summed E-state index contributed by atoms with van der Waals surface area (Å²) < 4.78 is 14.3. The molecule has 1 heterocycles. The fourth-order valence-corrected chi connectivity index (χ4v) is 2.93. The van der Waals surface area contributed by atoms with Crippen LogP contribution in [0.25, 0.3) is 0 Å². The Hall–Kier alpha value is -2.69. The van der Waals surface area contributed by atoms with Gasteiger partial charge in [0.05, 0.1) is 5.69 Å². The molecule has 0 aromatic heterocycles. The topological polar surface area (TPSA) is 49.4 Å². The second-order valence-corrected chi connectivity index (χ2v) is 6.55. The van der Waals surface area contributed by atoms with Crippen LogP contribution in [0.15, 0.2) is 42.5 Å². The summed E-state index contributed by atoms with van der Waals surface area (Å²) in [4.78, 5) is 25.5. The van der Waals surface area contributed by atoms with Crippen molar-refractivity contribution in [1.82, 2.24) is 0 Å². The summed E-state index contributed by atoms with van der Waals surface area (Å²) in [5.41, 5.74) is 2.30. The molecule has 2 amide bonds. The minimum atomic E-state index is -0.511. The molecule has 1 fully saturated rings. The van der Waals surface area contributed by atoms with E-state index in [1.54, 1.807) is 18.2 Å². The van der Waals surface area contributed by atoms with Gasteiger partial charge in [0.25, 0.3) is 5.91 Å². The van der Waals surface area contributed by atoms with Crippen LogP contribution in [0.2, 0.25) is 0 Å². The van der Waals surface area contributed by atoms with E-state index in [4.69, 9.17) is 0 Å². The molecule has 1 aliphatic heterocycles. The van der Waals surface area contributed by atoms with Crippen LogP contribution in [0, 0.1) is 5.82 Å². The van der Waals surface area contributed by atoms with E-state index in [1.807, 2.05) is 12.1 Å². The van der Waals surface area contributed by atoms with Gasteiger partial charge in [-0.3, -0.25) is 9.59 Å². The average Bonchev–Trinajstić information content (AvgIpc) is 3.01. The molecule has 0 saturated carbocycles. The van der Waals surface area contributed by atoms with Crippen molar-refractivity contribution in [2.75, 3.05) is 16.8 Å². The van der Waals surface area contributed by atoms with Crippen molar-refractivity contribution in [3.63, 3.8) is 0 Å². The molecule has 1 N–H and O–H groups in total. The molecule has 0 spiro atoms. The van der Waals surface area contributed by atoms with Gasteiger partial charge in [0.2, 0.25) is 5.91 Å². The number of nitrogens with one attached hydrogen (secondary N) is 1. The van der Waals surface area contributed by atoms with Gasteiger partial charge in [-0.25, -0.2) is 4.39 Å². The van der Waals surface area contributed by atoms with E-state index in [9.17, 15) is 14.0 Å². The molecule has 0 aliphatic carbocycles. The van der Waals surface area contributed by atoms with Crippen molar-refractivity contribution in [3.05, 3.63) is 59.4 Å². The zero-order valence-corrected chi connectivity index (χ0v) is 14.4. The number of rotatable bonds is 4. The maximum absolute atomic E-state index is 14.3. The summed E-state index contributed by atoms with van der Waals surface area (Å²) in [5, 5.41) is 2.69. The second kappa shape index (κ2) is 7.05. The van der Waals surface area contributed by atoms with Crippen LogP contribution >= 0.6 is 0 Å². The minimum Gasteiger partial charge on any atom is -0.322 e. The molecule has 2 aromatic rings. The first-order valence-corrected chi connectivity index (χ1v) is 8.47. The molecular formula is C20H21FN2O2. The van der Waals surface area contributed by atoms with Gasteiger partial charge < -0.3 is 10.2 Å². The standard InChI is InChI=1S/C20H21FN2O2/c1-13(2)14-5-7-15(8-6-14)20(25)22-16-9-10-18(17(21)12-16)23-11-3-4-19(23)24/h5-10,12-13H,3-4,11H2,1-2H3,(H,22,25). The van der Waals surface area contributed by atoms with E-state index in [0.29, 0.717) is 30.1 Å². The van der Waals surface area contributed by atoms with Crippen molar-refractivity contribution < 1.29 is 14.0 Å². The molecule has 0 bridgehead atoms. The predicted octanol–water partition coefficient (Wildman–Crippen LogP) is 4.33. The van der Waals surface area contributed by atoms with E-state index < -0.39 is 5.82 Å². The van der Waals surface area contributed by atoms with Crippen LogP contribution < -0.4 is 10.2 Å².